The molecule has 82 valence electrons. The summed E-state index contributed by atoms with van der Waals surface area (Å²) in [5.74, 6) is 0.798. The van der Waals surface area contributed by atoms with E-state index in [0.29, 0.717) is 10.8 Å². The van der Waals surface area contributed by atoms with E-state index in [0.717, 1.165) is 31.7 Å². The van der Waals surface area contributed by atoms with Gasteiger partial charge in [-0.25, -0.2) is 4.98 Å². The van der Waals surface area contributed by atoms with Crippen molar-refractivity contribution in [1.82, 2.24) is 4.98 Å². The summed E-state index contributed by atoms with van der Waals surface area (Å²) < 4.78 is 0. The highest BCUT2D eigenvalue weighted by Crippen LogP contribution is 2.22. The number of aliphatic hydroxyl groups is 1. The average Bonchev–Trinajstić information content (AvgIpc) is 2.17. The zero-order valence-electron chi connectivity index (χ0n) is 8.36. The Balaban J connectivity index is 2.15. The normalized spacial score (nSPS) is 18.1. The van der Waals surface area contributed by atoms with E-state index in [4.69, 9.17) is 17.3 Å². The molecule has 0 atom stereocenters. The van der Waals surface area contributed by atoms with Gasteiger partial charge in [0.25, 0.3) is 0 Å². The quantitative estimate of drug-likeness (QED) is 0.710. The molecule has 3 N–H and O–H groups in total. The molecule has 15 heavy (non-hydrogen) atoms. The molecule has 0 amide bonds. The topological polar surface area (TPSA) is 62.4 Å². The lowest BCUT2D eigenvalue weighted by Crippen LogP contribution is -2.36. The van der Waals surface area contributed by atoms with Crippen molar-refractivity contribution in [3.63, 3.8) is 0 Å². The van der Waals surface area contributed by atoms with Crippen LogP contribution in [0.3, 0.4) is 0 Å². The number of hydrogen-bond donors (Lipinski definition) is 2. The van der Waals surface area contributed by atoms with E-state index in [2.05, 4.69) is 9.88 Å². The van der Waals surface area contributed by atoms with Crippen LogP contribution in [0.4, 0.5) is 11.5 Å². The maximum Gasteiger partial charge on any atom is 0.133 e. The highest BCUT2D eigenvalue weighted by atomic mass is 35.5. The summed E-state index contributed by atoms with van der Waals surface area (Å²) in [6, 6.07) is 3.44. The number of aromatic nitrogens is 1. The standard InChI is InChI=1S/C10H14ClN3O/c11-9-5-7(12)6-10(13-9)14-3-1-8(15)2-4-14/h5-6,8,15H,1-4H2,(H2,12,13). The van der Waals surface area contributed by atoms with Crippen molar-refractivity contribution in [3.05, 3.63) is 17.3 Å². The minimum Gasteiger partial charge on any atom is -0.399 e. The Kier molecular flexibility index (Phi) is 2.98. The van der Waals surface area contributed by atoms with Gasteiger partial charge in [-0.2, -0.15) is 0 Å². The first-order valence-electron chi connectivity index (χ1n) is 5.01. The summed E-state index contributed by atoms with van der Waals surface area (Å²) in [4.78, 5) is 6.30. The third-order valence-corrected chi connectivity index (χ3v) is 2.78. The molecule has 2 rings (SSSR count). The molecule has 4 nitrogen and oxygen atoms in total. The van der Waals surface area contributed by atoms with Crippen LogP contribution < -0.4 is 10.6 Å². The van der Waals surface area contributed by atoms with Gasteiger partial charge in [-0.1, -0.05) is 11.6 Å². The predicted molar refractivity (Wildman–Crippen MR) is 61.1 cm³/mol. The summed E-state index contributed by atoms with van der Waals surface area (Å²) in [7, 11) is 0. The summed E-state index contributed by atoms with van der Waals surface area (Å²) in [6.07, 6.45) is 1.36. The first-order chi connectivity index (χ1) is 7.15. The van der Waals surface area contributed by atoms with Gasteiger partial charge in [0, 0.05) is 24.8 Å². The zero-order valence-corrected chi connectivity index (χ0v) is 9.11. The number of hydrogen-bond acceptors (Lipinski definition) is 4. The molecule has 1 aliphatic rings. The lowest BCUT2D eigenvalue weighted by molar-refractivity contribution is 0.145. The second-order valence-corrected chi connectivity index (χ2v) is 4.19. The SMILES string of the molecule is Nc1cc(Cl)nc(N2CCC(O)CC2)c1. The van der Waals surface area contributed by atoms with E-state index in [1.165, 1.54) is 0 Å². The molecule has 0 saturated carbocycles. The molecule has 0 unspecified atom stereocenters. The van der Waals surface area contributed by atoms with Crippen LogP contribution in [-0.2, 0) is 0 Å². The lowest BCUT2D eigenvalue weighted by atomic mass is 10.1. The van der Waals surface area contributed by atoms with Crippen LogP contribution in [0.1, 0.15) is 12.8 Å². The highest BCUT2D eigenvalue weighted by Gasteiger charge is 2.18. The van der Waals surface area contributed by atoms with Crippen molar-refractivity contribution in [2.75, 3.05) is 23.7 Å². The molecule has 0 bridgehead atoms. The van der Waals surface area contributed by atoms with Gasteiger partial charge in [0.2, 0.25) is 0 Å². The zero-order chi connectivity index (χ0) is 10.8. The number of halogens is 1. The van der Waals surface area contributed by atoms with Crippen LogP contribution in [0.15, 0.2) is 12.1 Å². The second kappa shape index (κ2) is 4.24. The third-order valence-electron chi connectivity index (χ3n) is 2.59. The number of rotatable bonds is 1. The molecule has 2 heterocycles. The Bertz CT molecular complexity index is 330. The molecule has 1 saturated heterocycles. The Morgan fingerprint density at radius 3 is 2.67 bits per heavy atom. The van der Waals surface area contributed by atoms with E-state index in [-0.39, 0.29) is 6.10 Å². The first kappa shape index (κ1) is 10.5. The van der Waals surface area contributed by atoms with Crippen LogP contribution in [-0.4, -0.2) is 29.3 Å². The first-order valence-corrected chi connectivity index (χ1v) is 5.39. The number of pyridine rings is 1. The summed E-state index contributed by atoms with van der Waals surface area (Å²) in [5, 5.41) is 9.80. The fourth-order valence-corrected chi connectivity index (χ4v) is 1.97. The van der Waals surface area contributed by atoms with Crippen LogP contribution in [0, 0.1) is 0 Å². The molecule has 1 aromatic rings. The molecular weight excluding hydrogens is 214 g/mol. The van der Waals surface area contributed by atoms with Crippen molar-refractivity contribution in [1.29, 1.82) is 0 Å². The number of nitrogen functional groups attached to an aromatic ring is 1. The van der Waals surface area contributed by atoms with Crippen molar-refractivity contribution < 1.29 is 5.11 Å². The van der Waals surface area contributed by atoms with Crippen molar-refractivity contribution in [3.8, 4) is 0 Å². The molecule has 1 aliphatic heterocycles. The Labute approximate surface area is 93.7 Å². The van der Waals surface area contributed by atoms with E-state index in [1.54, 1.807) is 6.07 Å². The van der Waals surface area contributed by atoms with E-state index >= 15 is 0 Å². The number of nitrogens with zero attached hydrogens (tertiary/aromatic N) is 2. The summed E-state index contributed by atoms with van der Waals surface area (Å²) in [6.45, 7) is 1.60. The molecule has 0 aromatic carbocycles. The monoisotopic (exact) mass is 227 g/mol. The van der Waals surface area contributed by atoms with Crippen molar-refractivity contribution in [2.45, 2.75) is 18.9 Å². The van der Waals surface area contributed by atoms with Gasteiger partial charge in [0.15, 0.2) is 0 Å². The predicted octanol–water partition coefficient (Wildman–Crippen LogP) is 1.28. The van der Waals surface area contributed by atoms with Crippen LogP contribution in [0.2, 0.25) is 5.15 Å². The number of nitrogens with two attached hydrogens (primary N) is 1. The molecule has 5 heteroatoms. The minimum atomic E-state index is -0.183. The maximum atomic E-state index is 9.39. The maximum absolute atomic E-state index is 9.39. The molecule has 0 spiro atoms. The average molecular weight is 228 g/mol. The van der Waals surface area contributed by atoms with Gasteiger partial charge in [-0.15, -0.1) is 0 Å². The van der Waals surface area contributed by atoms with Gasteiger partial charge in [-0.3, -0.25) is 0 Å². The molecule has 0 aliphatic carbocycles. The fraction of sp³-hybridized carbons (Fsp3) is 0.500. The molecule has 0 radical (unpaired) electrons. The molecule has 1 fully saturated rings. The van der Waals surface area contributed by atoms with Crippen LogP contribution in [0.5, 0.6) is 0 Å². The Morgan fingerprint density at radius 1 is 1.40 bits per heavy atom. The van der Waals surface area contributed by atoms with Gasteiger partial charge >= 0.3 is 0 Å². The number of anilines is 2. The second-order valence-electron chi connectivity index (χ2n) is 3.80. The van der Waals surface area contributed by atoms with Gasteiger partial charge in [0.05, 0.1) is 6.10 Å². The van der Waals surface area contributed by atoms with Crippen molar-refractivity contribution >= 4 is 23.1 Å². The number of aliphatic hydroxyl groups excluding tert-OH is 1. The minimum absolute atomic E-state index is 0.183. The Morgan fingerprint density at radius 2 is 2.07 bits per heavy atom. The molecule has 1 aromatic heterocycles. The largest absolute Gasteiger partial charge is 0.399 e. The van der Waals surface area contributed by atoms with Crippen LogP contribution >= 0.6 is 11.6 Å². The molecular formula is C10H14ClN3O. The Hall–Kier alpha value is -1.00. The third kappa shape index (κ3) is 2.52. The lowest BCUT2D eigenvalue weighted by Gasteiger charge is -2.30. The smallest absolute Gasteiger partial charge is 0.133 e. The van der Waals surface area contributed by atoms with E-state index in [9.17, 15) is 5.11 Å². The highest BCUT2D eigenvalue weighted by molar-refractivity contribution is 6.29. The van der Waals surface area contributed by atoms with Gasteiger partial charge in [-0.05, 0) is 18.9 Å². The van der Waals surface area contributed by atoms with Crippen molar-refractivity contribution in [2.24, 2.45) is 0 Å². The van der Waals surface area contributed by atoms with E-state index in [1.807, 2.05) is 6.07 Å². The summed E-state index contributed by atoms with van der Waals surface area (Å²) >= 11 is 5.83. The number of piperidine rings is 1. The fourth-order valence-electron chi connectivity index (χ4n) is 1.76. The van der Waals surface area contributed by atoms with E-state index < -0.39 is 0 Å². The van der Waals surface area contributed by atoms with Gasteiger partial charge < -0.3 is 15.7 Å². The van der Waals surface area contributed by atoms with Gasteiger partial charge in [0.1, 0.15) is 11.0 Å². The van der Waals surface area contributed by atoms with Crippen LogP contribution in [0.25, 0.3) is 0 Å². The summed E-state index contributed by atoms with van der Waals surface area (Å²) in [5.41, 5.74) is 6.31.